The second-order valence-electron chi connectivity index (χ2n) is 7.46. The first-order valence-electron chi connectivity index (χ1n) is 11.9. The SMILES string of the molecule is CCCCC(CC)C(=O)OCCOCCOCCOCCOCCOc1ccc([N+](=O)[O-])cc1. The average Bonchev–Trinajstić information content (AvgIpc) is 2.84. The first kappa shape index (κ1) is 29.8. The molecule has 10 nitrogen and oxygen atoms in total. The van der Waals surface area contributed by atoms with Gasteiger partial charge in [-0.2, -0.15) is 0 Å². The Morgan fingerprint density at radius 3 is 1.79 bits per heavy atom. The molecule has 0 aliphatic rings. The largest absolute Gasteiger partial charge is 0.491 e. The molecule has 0 aliphatic carbocycles. The Hall–Kier alpha value is -2.27. The summed E-state index contributed by atoms with van der Waals surface area (Å²) in [6.07, 6.45) is 3.81. The molecule has 0 saturated heterocycles. The first-order chi connectivity index (χ1) is 16.6. The highest BCUT2D eigenvalue weighted by molar-refractivity contribution is 5.72. The molecule has 0 spiro atoms. The summed E-state index contributed by atoms with van der Waals surface area (Å²) in [5.41, 5.74) is 0.0260. The van der Waals surface area contributed by atoms with E-state index in [1.807, 2.05) is 6.92 Å². The molecule has 0 saturated carbocycles. The van der Waals surface area contributed by atoms with E-state index in [0.29, 0.717) is 65.2 Å². The smallest absolute Gasteiger partial charge is 0.308 e. The molecule has 0 radical (unpaired) electrons. The number of nitro groups is 1. The summed E-state index contributed by atoms with van der Waals surface area (Å²) in [6.45, 7) is 8.15. The lowest BCUT2D eigenvalue weighted by Crippen LogP contribution is -2.20. The summed E-state index contributed by atoms with van der Waals surface area (Å²) in [5, 5.41) is 10.6. The maximum absolute atomic E-state index is 12.0. The number of rotatable bonds is 22. The highest BCUT2D eigenvalue weighted by atomic mass is 16.6. The van der Waals surface area contributed by atoms with Gasteiger partial charge in [0.2, 0.25) is 0 Å². The Bertz CT molecular complexity index is 654. The van der Waals surface area contributed by atoms with Gasteiger partial charge in [0.15, 0.2) is 0 Å². The molecule has 0 aromatic heterocycles. The van der Waals surface area contributed by atoms with Crippen LogP contribution in [0.2, 0.25) is 0 Å². The van der Waals surface area contributed by atoms with E-state index in [-0.39, 0.29) is 24.2 Å². The van der Waals surface area contributed by atoms with Gasteiger partial charge in [0.05, 0.1) is 63.7 Å². The van der Waals surface area contributed by atoms with Gasteiger partial charge in [0.1, 0.15) is 19.0 Å². The van der Waals surface area contributed by atoms with E-state index in [1.54, 1.807) is 12.1 Å². The number of esters is 1. The fourth-order valence-electron chi connectivity index (χ4n) is 2.90. The van der Waals surface area contributed by atoms with Gasteiger partial charge in [-0.05, 0) is 25.0 Å². The highest BCUT2D eigenvalue weighted by Crippen LogP contribution is 2.17. The minimum Gasteiger partial charge on any atom is -0.491 e. The number of unbranched alkanes of at least 4 members (excludes halogenated alkanes) is 1. The van der Waals surface area contributed by atoms with E-state index in [4.69, 9.17) is 28.4 Å². The minimum atomic E-state index is -0.454. The molecule has 0 bridgehead atoms. The molecule has 1 aromatic rings. The Balaban J connectivity index is 1.83. The topological polar surface area (TPSA) is 116 Å². The molecule has 10 heteroatoms. The van der Waals surface area contributed by atoms with E-state index in [1.165, 1.54) is 12.1 Å². The predicted molar refractivity (Wildman–Crippen MR) is 126 cm³/mol. The van der Waals surface area contributed by atoms with Crippen LogP contribution in [0.25, 0.3) is 0 Å². The Morgan fingerprint density at radius 1 is 0.824 bits per heavy atom. The third kappa shape index (κ3) is 14.8. The van der Waals surface area contributed by atoms with Crippen LogP contribution in [0.15, 0.2) is 24.3 Å². The van der Waals surface area contributed by atoms with Gasteiger partial charge in [0.25, 0.3) is 5.69 Å². The van der Waals surface area contributed by atoms with E-state index in [9.17, 15) is 14.9 Å². The molecule has 1 atom stereocenters. The third-order valence-electron chi connectivity index (χ3n) is 4.86. The van der Waals surface area contributed by atoms with Crippen molar-refractivity contribution >= 4 is 11.7 Å². The van der Waals surface area contributed by atoms with Crippen LogP contribution < -0.4 is 4.74 Å². The van der Waals surface area contributed by atoms with Crippen molar-refractivity contribution in [1.82, 2.24) is 0 Å². The number of carbonyl (C=O) groups excluding carboxylic acids is 1. The average molecular weight is 486 g/mol. The van der Waals surface area contributed by atoms with Gasteiger partial charge in [-0.1, -0.05) is 26.7 Å². The van der Waals surface area contributed by atoms with Gasteiger partial charge in [0, 0.05) is 12.1 Å². The zero-order valence-corrected chi connectivity index (χ0v) is 20.4. The summed E-state index contributed by atoms with van der Waals surface area (Å²) in [7, 11) is 0. The first-order valence-corrected chi connectivity index (χ1v) is 11.9. The Kier molecular flexibility index (Phi) is 17.6. The Morgan fingerprint density at radius 2 is 1.32 bits per heavy atom. The van der Waals surface area contributed by atoms with Gasteiger partial charge >= 0.3 is 5.97 Å². The normalized spacial score (nSPS) is 11.8. The molecule has 0 N–H and O–H groups in total. The fraction of sp³-hybridized carbons (Fsp3) is 0.708. The van der Waals surface area contributed by atoms with Crippen LogP contribution in [-0.2, 0) is 28.5 Å². The molecule has 1 unspecified atom stereocenters. The summed E-state index contributed by atoms with van der Waals surface area (Å²) in [6, 6.07) is 5.90. The molecule has 0 fully saturated rings. The highest BCUT2D eigenvalue weighted by Gasteiger charge is 2.16. The van der Waals surface area contributed by atoms with Crippen molar-refractivity contribution in [2.24, 2.45) is 5.92 Å². The second kappa shape index (κ2) is 20.1. The number of benzene rings is 1. The molecular weight excluding hydrogens is 446 g/mol. The van der Waals surface area contributed by atoms with Gasteiger partial charge in [-0.3, -0.25) is 14.9 Å². The van der Waals surface area contributed by atoms with Crippen molar-refractivity contribution < 1.29 is 38.1 Å². The summed E-state index contributed by atoms with van der Waals surface area (Å²) in [5.74, 6) is 0.415. The standard InChI is InChI=1S/C24H39NO9/c1-3-5-6-21(4-2)24(26)34-20-18-32-16-14-30-12-11-29-13-15-31-17-19-33-23-9-7-22(8-10-23)25(27)28/h7-10,21H,3-6,11-20H2,1-2H3. The lowest BCUT2D eigenvalue weighted by molar-refractivity contribution is -0.384. The molecule has 0 aliphatic heterocycles. The lowest BCUT2D eigenvalue weighted by atomic mass is 10.00. The second-order valence-corrected chi connectivity index (χ2v) is 7.46. The van der Waals surface area contributed by atoms with Crippen LogP contribution in [0.4, 0.5) is 5.69 Å². The van der Waals surface area contributed by atoms with Gasteiger partial charge in [-0.15, -0.1) is 0 Å². The van der Waals surface area contributed by atoms with Crippen LogP contribution in [0, 0.1) is 16.0 Å². The summed E-state index contributed by atoms with van der Waals surface area (Å²) >= 11 is 0. The number of nitro benzene ring substituents is 1. The lowest BCUT2D eigenvalue weighted by Gasteiger charge is -2.13. The van der Waals surface area contributed by atoms with Crippen LogP contribution in [0.3, 0.4) is 0 Å². The zero-order valence-electron chi connectivity index (χ0n) is 20.4. The molecule has 0 amide bonds. The van der Waals surface area contributed by atoms with Gasteiger partial charge in [-0.25, -0.2) is 0 Å². The van der Waals surface area contributed by atoms with E-state index in [2.05, 4.69) is 6.92 Å². The van der Waals surface area contributed by atoms with Gasteiger partial charge < -0.3 is 28.4 Å². The number of nitrogens with zero attached hydrogens (tertiary/aromatic N) is 1. The number of non-ortho nitro benzene ring substituents is 1. The number of ether oxygens (including phenoxy) is 6. The number of hydrogen-bond donors (Lipinski definition) is 0. The fourth-order valence-corrected chi connectivity index (χ4v) is 2.90. The van der Waals surface area contributed by atoms with Crippen LogP contribution in [0.1, 0.15) is 39.5 Å². The van der Waals surface area contributed by atoms with Crippen LogP contribution >= 0.6 is 0 Å². The molecular formula is C24H39NO9. The van der Waals surface area contributed by atoms with Crippen molar-refractivity contribution in [3.63, 3.8) is 0 Å². The predicted octanol–water partition coefficient (Wildman–Crippen LogP) is 3.80. The van der Waals surface area contributed by atoms with Crippen molar-refractivity contribution in [3.05, 3.63) is 34.4 Å². The molecule has 34 heavy (non-hydrogen) atoms. The Labute approximate surface area is 201 Å². The third-order valence-corrected chi connectivity index (χ3v) is 4.86. The van der Waals surface area contributed by atoms with Crippen molar-refractivity contribution in [1.29, 1.82) is 0 Å². The summed E-state index contributed by atoms with van der Waals surface area (Å²) in [4.78, 5) is 22.1. The summed E-state index contributed by atoms with van der Waals surface area (Å²) < 4.78 is 32.4. The monoisotopic (exact) mass is 485 g/mol. The molecule has 1 rings (SSSR count). The van der Waals surface area contributed by atoms with Crippen molar-refractivity contribution in [3.8, 4) is 5.75 Å². The number of carbonyl (C=O) groups is 1. The molecule has 1 aromatic carbocycles. The van der Waals surface area contributed by atoms with E-state index < -0.39 is 4.92 Å². The van der Waals surface area contributed by atoms with E-state index >= 15 is 0 Å². The molecule has 0 heterocycles. The number of hydrogen-bond acceptors (Lipinski definition) is 9. The minimum absolute atomic E-state index is 0.00978. The molecule has 194 valence electrons. The van der Waals surface area contributed by atoms with Crippen molar-refractivity contribution in [2.45, 2.75) is 39.5 Å². The van der Waals surface area contributed by atoms with E-state index in [0.717, 1.165) is 25.7 Å². The quantitative estimate of drug-likeness (QED) is 0.105. The zero-order chi connectivity index (χ0) is 24.9. The maximum atomic E-state index is 12.0. The van der Waals surface area contributed by atoms with Crippen molar-refractivity contribution in [2.75, 3.05) is 66.1 Å². The van der Waals surface area contributed by atoms with Crippen LogP contribution in [-0.4, -0.2) is 77.0 Å². The maximum Gasteiger partial charge on any atom is 0.308 e. The van der Waals surface area contributed by atoms with Crippen LogP contribution in [0.5, 0.6) is 5.75 Å².